The monoisotopic (exact) mass is 418 g/mol. The molecule has 1 saturated heterocycles. The second kappa shape index (κ2) is 13.0. The number of nitrogens with one attached hydrogen (secondary N) is 1. The highest BCUT2D eigenvalue weighted by Gasteiger charge is 2.42. The van der Waals surface area contributed by atoms with Gasteiger partial charge in [0.15, 0.2) is 6.29 Å². The molecule has 0 bridgehead atoms. The van der Waals surface area contributed by atoms with E-state index in [2.05, 4.69) is 5.32 Å². The van der Waals surface area contributed by atoms with Crippen molar-refractivity contribution in [3.63, 3.8) is 0 Å². The molecule has 0 aromatic carbocycles. The van der Waals surface area contributed by atoms with Crippen molar-refractivity contribution in [1.82, 2.24) is 10.2 Å². The van der Waals surface area contributed by atoms with Gasteiger partial charge in [-0.3, -0.25) is 19.3 Å². The Kier molecular flexibility index (Phi) is 11.5. The molecule has 0 aromatic rings. The second-order valence-corrected chi connectivity index (χ2v) is 7.28. The number of likely N-dealkylation sites (N-methyl/N-ethyl adjacent to an activating group) is 2. The number of imide groups is 1. The number of carbonyl (C=O) groups excluding carboxylic acids is 3. The second-order valence-electron chi connectivity index (χ2n) is 7.28. The molecule has 1 aliphatic rings. The summed E-state index contributed by atoms with van der Waals surface area (Å²) in [5.74, 6) is -0.523. The van der Waals surface area contributed by atoms with Crippen molar-refractivity contribution in [3.05, 3.63) is 0 Å². The van der Waals surface area contributed by atoms with E-state index in [9.17, 15) is 29.7 Å². The van der Waals surface area contributed by atoms with Crippen LogP contribution < -0.4 is 5.32 Å². The van der Waals surface area contributed by atoms with Gasteiger partial charge in [0.2, 0.25) is 11.8 Å². The lowest BCUT2D eigenvalue weighted by atomic mass is 10.00. The van der Waals surface area contributed by atoms with Crippen LogP contribution in [-0.4, -0.2) is 95.8 Å². The summed E-state index contributed by atoms with van der Waals surface area (Å²) in [7, 11) is 3.08. The zero-order chi connectivity index (χ0) is 22.0. The fourth-order valence-corrected chi connectivity index (χ4v) is 2.92. The van der Waals surface area contributed by atoms with Gasteiger partial charge in [0.05, 0.1) is 19.3 Å². The number of unbranched alkanes of at least 4 members (excludes halogenated alkanes) is 1. The van der Waals surface area contributed by atoms with Crippen molar-refractivity contribution in [2.24, 2.45) is 0 Å². The van der Waals surface area contributed by atoms with Crippen LogP contribution in [0.3, 0.4) is 0 Å². The lowest BCUT2D eigenvalue weighted by Gasteiger charge is -2.38. The van der Waals surface area contributed by atoms with Crippen LogP contribution in [0.25, 0.3) is 0 Å². The zero-order valence-electron chi connectivity index (χ0n) is 17.4. The van der Waals surface area contributed by atoms with Crippen molar-refractivity contribution in [2.45, 2.75) is 76.2 Å². The van der Waals surface area contributed by atoms with Crippen LogP contribution in [0.15, 0.2) is 0 Å². The van der Waals surface area contributed by atoms with E-state index in [0.717, 1.165) is 4.90 Å². The van der Waals surface area contributed by atoms with Gasteiger partial charge in [0.1, 0.15) is 24.1 Å². The van der Waals surface area contributed by atoms with Crippen molar-refractivity contribution < 1.29 is 39.2 Å². The third-order valence-corrected chi connectivity index (χ3v) is 4.86. The Hall–Kier alpha value is -1.43. The van der Waals surface area contributed by atoms with Crippen molar-refractivity contribution >= 4 is 17.6 Å². The Bertz CT molecular complexity index is 544. The minimum Gasteiger partial charge on any atom is -0.388 e. The normalized spacial score (nSPS) is 26.9. The molecule has 10 nitrogen and oxygen atoms in total. The van der Waals surface area contributed by atoms with E-state index in [-0.39, 0.29) is 43.6 Å². The van der Waals surface area contributed by atoms with Crippen molar-refractivity contribution in [1.29, 1.82) is 0 Å². The van der Waals surface area contributed by atoms with Gasteiger partial charge in [-0.05, 0) is 33.2 Å². The number of hydrogen-bond acceptors (Lipinski definition) is 9. The van der Waals surface area contributed by atoms with Crippen molar-refractivity contribution in [3.8, 4) is 0 Å². The molecule has 1 aliphatic heterocycles. The first kappa shape index (κ1) is 25.6. The molecule has 1 heterocycles. The first-order valence-electron chi connectivity index (χ1n) is 9.96. The first-order valence-corrected chi connectivity index (χ1v) is 9.96. The number of aliphatic hydroxyl groups is 3. The molecule has 4 N–H and O–H groups in total. The summed E-state index contributed by atoms with van der Waals surface area (Å²) in [4.78, 5) is 36.5. The highest BCUT2D eigenvalue weighted by atomic mass is 16.7. The molecule has 5 atom stereocenters. The summed E-state index contributed by atoms with van der Waals surface area (Å²) in [5.41, 5.74) is 0. The summed E-state index contributed by atoms with van der Waals surface area (Å²) in [5, 5.41) is 31.9. The third-order valence-electron chi connectivity index (χ3n) is 4.86. The van der Waals surface area contributed by atoms with Crippen LogP contribution in [0, 0.1) is 0 Å². The van der Waals surface area contributed by atoms with Crippen LogP contribution in [0.4, 0.5) is 0 Å². The van der Waals surface area contributed by atoms with E-state index in [4.69, 9.17) is 9.47 Å². The van der Waals surface area contributed by atoms with Crippen LogP contribution in [-0.2, 0) is 23.9 Å². The molecule has 0 spiro atoms. The quantitative estimate of drug-likeness (QED) is 0.291. The number of amides is 2. The Morgan fingerprint density at radius 1 is 0.966 bits per heavy atom. The largest absolute Gasteiger partial charge is 0.388 e. The molecule has 0 aromatic heterocycles. The molecule has 2 amide bonds. The molecule has 29 heavy (non-hydrogen) atoms. The number of ketones is 1. The van der Waals surface area contributed by atoms with E-state index in [1.54, 1.807) is 14.0 Å². The Morgan fingerprint density at radius 2 is 1.59 bits per heavy atom. The Balaban J connectivity index is 2.14. The number of hydrogen-bond donors (Lipinski definition) is 4. The molecule has 0 unspecified atom stereocenters. The van der Waals surface area contributed by atoms with Crippen LogP contribution in [0.5, 0.6) is 0 Å². The van der Waals surface area contributed by atoms with Crippen LogP contribution in [0.2, 0.25) is 0 Å². The number of rotatable bonds is 12. The van der Waals surface area contributed by atoms with E-state index in [0.29, 0.717) is 25.7 Å². The topological polar surface area (TPSA) is 146 Å². The first-order chi connectivity index (χ1) is 13.7. The van der Waals surface area contributed by atoms with Gasteiger partial charge in [-0.1, -0.05) is 0 Å². The highest BCUT2D eigenvalue weighted by Crippen LogP contribution is 2.22. The molecule has 1 fully saturated rings. The van der Waals surface area contributed by atoms with Gasteiger partial charge in [-0.2, -0.15) is 0 Å². The number of Topliss-reactive ketones (excluding diaryl/α,β-unsaturated/α-hetero) is 1. The maximum absolute atomic E-state index is 11.9. The molecule has 10 heteroatoms. The summed E-state index contributed by atoms with van der Waals surface area (Å²) in [6.45, 7) is 1.84. The van der Waals surface area contributed by atoms with Gasteiger partial charge >= 0.3 is 0 Å². The summed E-state index contributed by atoms with van der Waals surface area (Å²) < 4.78 is 10.7. The average molecular weight is 418 g/mol. The predicted octanol–water partition coefficient (Wildman–Crippen LogP) is -1.06. The minimum atomic E-state index is -1.35. The van der Waals surface area contributed by atoms with E-state index in [1.807, 2.05) is 0 Å². The van der Waals surface area contributed by atoms with Crippen LogP contribution in [0.1, 0.15) is 45.4 Å². The lowest BCUT2D eigenvalue weighted by molar-refractivity contribution is -0.293. The fourth-order valence-electron chi connectivity index (χ4n) is 2.92. The molecular weight excluding hydrogens is 384 g/mol. The number of aliphatic hydroxyl groups excluding tert-OH is 3. The number of nitrogens with zero attached hydrogens (tertiary/aromatic N) is 1. The van der Waals surface area contributed by atoms with Crippen molar-refractivity contribution in [2.75, 3.05) is 27.2 Å². The van der Waals surface area contributed by atoms with Gasteiger partial charge in [-0.15, -0.1) is 0 Å². The zero-order valence-corrected chi connectivity index (χ0v) is 17.4. The number of ether oxygens (including phenoxy) is 2. The molecule has 1 rings (SSSR count). The standard InChI is InChI=1S/C19H34N2O8/c1-12-16(25)17(26)18(27)19(29-12)28-10-6-8-13(22)7-4-5-9-14(23)21(3)15(24)11-20-2/h12,16-20,25-27H,4-11H2,1-3H3/t12-,16+,17+,18-,19+/m0/s1. The van der Waals surface area contributed by atoms with Gasteiger partial charge in [0.25, 0.3) is 0 Å². The lowest BCUT2D eigenvalue weighted by Crippen LogP contribution is -2.57. The molecule has 0 radical (unpaired) electrons. The molecular formula is C19H34N2O8. The molecule has 0 aliphatic carbocycles. The molecule has 168 valence electrons. The maximum Gasteiger partial charge on any atom is 0.242 e. The van der Waals surface area contributed by atoms with Gasteiger partial charge in [-0.25, -0.2) is 0 Å². The maximum atomic E-state index is 11.9. The van der Waals surface area contributed by atoms with Crippen LogP contribution >= 0.6 is 0 Å². The average Bonchev–Trinajstić information content (AvgIpc) is 2.69. The van der Waals surface area contributed by atoms with E-state index in [1.165, 1.54) is 7.05 Å². The Morgan fingerprint density at radius 3 is 2.24 bits per heavy atom. The predicted molar refractivity (Wildman–Crippen MR) is 103 cm³/mol. The summed E-state index contributed by atoms with van der Waals surface area (Å²) in [6, 6.07) is 0. The van der Waals surface area contributed by atoms with E-state index >= 15 is 0 Å². The SMILES string of the molecule is CNCC(=O)N(C)C(=O)CCCCC(=O)CCCO[C@@H]1O[C@@H](C)[C@@H](O)[C@@H](O)[C@@H]1O. The van der Waals surface area contributed by atoms with Gasteiger partial charge in [0, 0.05) is 26.3 Å². The van der Waals surface area contributed by atoms with E-state index < -0.39 is 30.7 Å². The fraction of sp³-hybridized carbons (Fsp3) is 0.842. The summed E-state index contributed by atoms with van der Waals surface area (Å²) >= 11 is 0. The Labute approximate surface area is 171 Å². The minimum absolute atomic E-state index is 0.0367. The number of carbonyl (C=O) groups is 3. The highest BCUT2D eigenvalue weighted by molar-refractivity contribution is 5.95. The third kappa shape index (κ3) is 8.45. The summed E-state index contributed by atoms with van der Waals surface area (Å²) in [6.07, 6.45) is -3.24. The smallest absolute Gasteiger partial charge is 0.242 e. The van der Waals surface area contributed by atoms with Gasteiger partial charge < -0.3 is 30.1 Å². The molecule has 0 saturated carbocycles.